The highest BCUT2D eigenvalue weighted by Crippen LogP contribution is 2.31. The molecule has 0 fully saturated rings. The summed E-state index contributed by atoms with van der Waals surface area (Å²) in [5, 5.41) is 1.19. The fourth-order valence-electron chi connectivity index (χ4n) is 4.29. The van der Waals surface area contributed by atoms with Gasteiger partial charge in [0.15, 0.2) is 0 Å². The van der Waals surface area contributed by atoms with Crippen LogP contribution in [0.5, 0.6) is 5.75 Å². The number of methoxy groups -OCH3 is 1. The third kappa shape index (κ3) is 4.64. The second-order valence-corrected chi connectivity index (χ2v) is 8.78. The number of halogens is 2. The Morgan fingerprint density at radius 2 is 1.77 bits per heavy atom. The molecule has 180 valence electrons. The second kappa shape index (κ2) is 10.5. The first-order valence-electron chi connectivity index (χ1n) is 11.3. The first-order chi connectivity index (χ1) is 16.9. The molecule has 1 atom stereocenters. The Hall–Kier alpha value is -3.35. The molecule has 8 heteroatoms. The Balaban J connectivity index is 1.97. The summed E-state index contributed by atoms with van der Waals surface area (Å²) in [7, 11) is 1.56. The number of para-hydroxylation sites is 3. The van der Waals surface area contributed by atoms with Gasteiger partial charge < -0.3 is 9.64 Å². The maximum atomic E-state index is 13.8. The van der Waals surface area contributed by atoms with Crippen LogP contribution in [0.1, 0.15) is 42.5 Å². The quantitative estimate of drug-likeness (QED) is 0.292. The van der Waals surface area contributed by atoms with Gasteiger partial charge in [-0.1, -0.05) is 54.4 Å². The van der Waals surface area contributed by atoms with Gasteiger partial charge in [-0.15, -0.1) is 0 Å². The van der Waals surface area contributed by atoms with Crippen LogP contribution < -0.4 is 10.3 Å². The zero-order valence-electron chi connectivity index (χ0n) is 19.7. The summed E-state index contributed by atoms with van der Waals surface area (Å²) in [4.78, 5) is 34.0. The molecular weight excluding hydrogens is 485 g/mol. The van der Waals surface area contributed by atoms with Gasteiger partial charge in [0.25, 0.3) is 11.5 Å². The van der Waals surface area contributed by atoms with Gasteiger partial charge in [-0.05, 0) is 55.8 Å². The lowest BCUT2D eigenvalue weighted by atomic mass is 10.1. The number of rotatable bonds is 7. The van der Waals surface area contributed by atoms with Crippen LogP contribution in [0.4, 0.5) is 0 Å². The van der Waals surface area contributed by atoms with E-state index in [4.69, 9.17) is 32.9 Å². The van der Waals surface area contributed by atoms with Crippen LogP contribution in [0, 0.1) is 0 Å². The van der Waals surface area contributed by atoms with Crippen molar-refractivity contribution in [1.29, 1.82) is 0 Å². The Labute approximate surface area is 213 Å². The monoisotopic (exact) mass is 509 g/mol. The molecule has 4 rings (SSSR count). The molecule has 0 N–H and O–H groups in total. The first kappa shape index (κ1) is 24.8. The molecule has 0 aliphatic rings. The van der Waals surface area contributed by atoms with Crippen LogP contribution in [-0.4, -0.2) is 34.0 Å². The van der Waals surface area contributed by atoms with Crippen molar-refractivity contribution in [3.05, 3.63) is 98.5 Å². The first-order valence-corrected chi connectivity index (χ1v) is 12.1. The van der Waals surface area contributed by atoms with Crippen LogP contribution in [0.15, 0.2) is 71.5 Å². The minimum absolute atomic E-state index is 0.235. The third-order valence-electron chi connectivity index (χ3n) is 5.95. The summed E-state index contributed by atoms with van der Waals surface area (Å²) < 4.78 is 7.12. The smallest absolute Gasteiger partial charge is 0.266 e. The van der Waals surface area contributed by atoms with Gasteiger partial charge >= 0.3 is 0 Å². The minimum atomic E-state index is -0.513. The summed E-state index contributed by atoms with van der Waals surface area (Å²) in [6.45, 7) is 4.22. The molecule has 0 saturated heterocycles. The molecule has 1 amide bonds. The van der Waals surface area contributed by atoms with Gasteiger partial charge in [-0.2, -0.15) is 0 Å². The Kier molecular flexibility index (Phi) is 7.43. The number of hydrogen-bond donors (Lipinski definition) is 0. The molecule has 0 aliphatic carbocycles. The van der Waals surface area contributed by atoms with Crippen LogP contribution in [0.3, 0.4) is 0 Å². The van der Waals surface area contributed by atoms with E-state index in [1.807, 2.05) is 32.0 Å². The summed E-state index contributed by atoms with van der Waals surface area (Å²) >= 11 is 12.4. The topological polar surface area (TPSA) is 64.4 Å². The summed E-state index contributed by atoms with van der Waals surface area (Å²) in [6, 6.07) is 18.7. The number of aromatic nitrogens is 2. The molecule has 0 radical (unpaired) electrons. The standard InChI is InChI=1S/C27H25Cl2N3O3/c1-4-22(31(5-2)26(33)18-15-14-17(28)16-20(18)29)25-30-21-11-7-6-10-19(21)27(34)32(25)23-12-8-9-13-24(23)35-3/h6-16,22H,4-5H2,1-3H3. The predicted octanol–water partition coefficient (Wildman–Crippen LogP) is 6.31. The SMILES string of the molecule is CCC(c1nc2ccccc2c(=O)n1-c1ccccc1OC)N(CC)C(=O)c1ccc(Cl)cc1Cl. The van der Waals surface area contributed by atoms with Crippen molar-refractivity contribution < 1.29 is 9.53 Å². The van der Waals surface area contributed by atoms with E-state index in [-0.39, 0.29) is 16.5 Å². The Morgan fingerprint density at radius 3 is 2.46 bits per heavy atom. The number of ether oxygens (including phenoxy) is 1. The van der Waals surface area contributed by atoms with Crippen molar-refractivity contribution >= 4 is 40.0 Å². The van der Waals surface area contributed by atoms with E-state index >= 15 is 0 Å². The van der Waals surface area contributed by atoms with Crippen molar-refractivity contribution in [2.24, 2.45) is 0 Å². The largest absolute Gasteiger partial charge is 0.495 e. The summed E-state index contributed by atoms with van der Waals surface area (Å²) in [6.07, 6.45) is 0.519. The number of carbonyl (C=O) groups is 1. The van der Waals surface area contributed by atoms with E-state index < -0.39 is 6.04 Å². The van der Waals surface area contributed by atoms with Crippen LogP contribution in [0.25, 0.3) is 16.6 Å². The van der Waals surface area contributed by atoms with Crippen molar-refractivity contribution in [2.75, 3.05) is 13.7 Å². The van der Waals surface area contributed by atoms with Gasteiger partial charge in [0.1, 0.15) is 11.6 Å². The van der Waals surface area contributed by atoms with Crippen molar-refractivity contribution in [1.82, 2.24) is 14.5 Å². The highest BCUT2D eigenvalue weighted by atomic mass is 35.5. The molecule has 1 unspecified atom stereocenters. The average Bonchev–Trinajstić information content (AvgIpc) is 2.87. The fraction of sp³-hybridized carbons (Fsp3) is 0.222. The van der Waals surface area contributed by atoms with Crippen molar-refractivity contribution in [3.8, 4) is 11.4 Å². The minimum Gasteiger partial charge on any atom is -0.495 e. The highest BCUT2D eigenvalue weighted by Gasteiger charge is 2.30. The van der Waals surface area contributed by atoms with Gasteiger partial charge in [0.2, 0.25) is 0 Å². The number of nitrogens with zero attached hydrogens (tertiary/aromatic N) is 3. The zero-order valence-corrected chi connectivity index (χ0v) is 21.2. The predicted molar refractivity (Wildman–Crippen MR) is 140 cm³/mol. The molecule has 4 aromatic rings. The number of amides is 1. The average molecular weight is 510 g/mol. The number of benzene rings is 3. The van der Waals surface area contributed by atoms with E-state index in [0.29, 0.717) is 51.7 Å². The highest BCUT2D eigenvalue weighted by molar-refractivity contribution is 6.36. The van der Waals surface area contributed by atoms with Crippen LogP contribution in [0.2, 0.25) is 10.0 Å². The number of fused-ring (bicyclic) bond motifs is 1. The maximum absolute atomic E-state index is 13.8. The molecule has 0 spiro atoms. The van der Waals surface area contributed by atoms with Crippen LogP contribution in [-0.2, 0) is 0 Å². The maximum Gasteiger partial charge on any atom is 0.266 e. The summed E-state index contributed by atoms with van der Waals surface area (Å²) in [5.74, 6) is 0.703. The molecule has 0 bridgehead atoms. The molecule has 0 aliphatic heterocycles. The van der Waals surface area contributed by atoms with E-state index in [2.05, 4.69) is 0 Å². The van der Waals surface area contributed by atoms with Crippen molar-refractivity contribution in [2.45, 2.75) is 26.3 Å². The lowest BCUT2D eigenvalue weighted by Gasteiger charge is -2.32. The number of carbonyl (C=O) groups excluding carboxylic acids is 1. The fourth-order valence-corrected chi connectivity index (χ4v) is 4.78. The van der Waals surface area contributed by atoms with E-state index in [1.165, 1.54) is 0 Å². The van der Waals surface area contributed by atoms with Crippen molar-refractivity contribution in [3.63, 3.8) is 0 Å². The van der Waals surface area contributed by atoms with E-state index in [9.17, 15) is 9.59 Å². The molecule has 6 nitrogen and oxygen atoms in total. The van der Waals surface area contributed by atoms with Gasteiger partial charge in [0, 0.05) is 11.6 Å². The molecule has 3 aromatic carbocycles. The lowest BCUT2D eigenvalue weighted by molar-refractivity contribution is 0.0672. The van der Waals surface area contributed by atoms with E-state index in [0.717, 1.165) is 0 Å². The Bertz CT molecular complexity index is 1450. The molecule has 1 heterocycles. The lowest BCUT2D eigenvalue weighted by Crippen LogP contribution is -2.38. The van der Waals surface area contributed by atoms with Crippen LogP contribution >= 0.6 is 23.2 Å². The normalized spacial score (nSPS) is 11.9. The van der Waals surface area contributed by atoms with Gasteiger partial charge in [-0.25, -0.2) is 4.98 Å². The zero-order chi connectivity index (χ0) is 25.1. The number of hydrogen-bond acceptors (Lipinski definition) is 4. The molecule has 35 heavy (non-hydrogen) atoms. The third-order valence-corrected chi connectivity index (χ3v) is 6.50. The molecule has 1 aromatic heterocycles. The van der Waals surface area contributed by atoms with Gasteiger partial charge in [0.05, 0.1) is 40.3 Å². The van der Waals surface area contributed by atoms with Gasteiger partial charge in [-0.3, -0.25) is 14.2 Å². The molecular formula is C27H25Cl2N3O3. The Morgan fingerprint density at radius 1 is 1.06 bits per heavy atom. The molecule has 0 saturated carbocycles. The summed E-state index contributed by atoms with van der Waals surface area (Å²) in [5.41, 5.74) is 1.22. The second-order valence-electron chi connectivity index (χ2n) is 7.94. The van der Waals surface area contributed by atoms with E-state index in [1.54, 1.807) is 65.1 Å².